The Bertz CT molecular complexity index is 638. The first-order chi connectivity index (χ1) is 9.16. The van der Waals surface area contributed by atoms with E-state index in [0.29, 0.717) is 11.4 Å². The SMILES string of the molecule is NC(Cc1ccnc2c([N+](=O)[O-])cccc12)C1CC1. The van der Waals surface area contributed by atoms with Crippen molar-refractivity contribution < 1.29 is 4.92 Å². The highest BCUT2D eigenvalue weighted by Gasteiger charge is 2.29. The predicted octanol–water partition coefficient (Wildman–Crippen LogP) is 2.42. The molecular formula is C14H15N3O2. The highest BCUT2D eigenvalue weighted by molar-refractivity contribution is 5.89. The van der Waals surface area contributed by atoms with Gasteiger partial charge in [-0.15, -0.1) is 0 Å². The van der Waals surface area contributed by atoms with Crippen molar-refractivity contribution >= 4 is 16.6 Å². The molecule has 0 radical (unpaired) electrons. The molecule has 0 bridgehead atoms. The zero-order valence-corrected chi connectivity index (χ0v) is 10.5. The second-order valence-corrected chi connectivity index (χ2v) is 5.11. The summed E-state index contributed by atoms with van der Waals surface area (Å²) in [5, 5.41) is 11.8. The molecule has 1 aromatic heterocycles. The Labute approximate surface area is 110 Å². The van der Waals surface area contributed by atoms with Gasteiger partial charge in [0.2, 0.25) is 0 Å². The van der Waals surface area contributed by atoms with Gasteiger partial charge in [0.05, 0.1) is 4.92 Å². The minimum atomic E-state index is -0.389. The number of fused-ring (bicyclic) bond motifs is 1. The van der Waals surface area contributed by atoms with Crippen molar-refractivity contribution in [2.24, 2.45) is 11.7 Å². The molecule has 1 unspecified atom stereocenters. The van der Waals surface area contributed by atoms with Crippen molar-refractivity contribution in [2.45, 2.75) is 25.3 Å². The van der Waals surface area contributed by atoms with Crippen LogP contribution in [0.25, 0.3) is 10.9 Å². The molecule has 1 aromatic carbocycles. The van der Waals surface area contributed by atoms with Crippen LogP contribution in [0.4, 0.5) is 5.69 Å². The van der Waals surface area contributed by atoms with E-state index in [1.165, 1.54) is 18.9 Å². The molecule has 5 nitrogen and oxygen atoms in total. The zero-order chi connectivity index (χ0) is 13.4. The van der Waals surface area contributed by atoms with Gasteiger partial charge in [-0.3, -0.25) is 10.1 Å². The molecule has 1 aliphatic carbocycles. The van der Waals surface area contributed by atoms with Crippen molar-refractivity contribution in [2.75, 3.05) is 0 Å². The van der Waals surface area contributed by atoms with Gasteiger partial charge in [-0.05, 0) is 36.8 Å². The largest absolute Gasteiger partial charge is 0.327 e. The van der Waals surface area contributed by atoms with Gasteiger partial charge in [-0.2, -0.15) is 0 Å². The standard InChI is InChI=1S/C14H15N3O2/c15-12(9-4-5-9)8-10-6-7-16-14-11(10)2-1-3-13(14)17(18)19/h1-3,6-7,9,12H,4-5,8,15H2. The number of hydrogen-bond acceptors (Lipinski definition) is 4. The fourth-order valence-corrected chi connectivity index (χ4v) is 2.49. The van der Waals surface area contributed by atoms with E-state index >= 15 is 0 Å². The van der Waals surface area contributed by atoms with E-state index in [0.717, 1.165) is 17.4 Å². The summed E-state index contributed by atoms with van der Waals surface area (Å²) in [6, 6.07) is 7.12. The number of nitro groups is 1. The van der Waals surface area contributed by atoms with Gasteiger partial charge in [0.15, 0.2) is 0 Å². The van der Waals surface area contributed by atoms with Crippen molar-refractivity contribution in [3.8, 4) is 0 Å². The number of non-ortho nitro benzene ring substituents is 1. The summed E-state index contributed by atoms with van der Waals surface area (Å²) in [4.78, 5) is 14.8. The Kier molecular flexibility index (Phi) is 2.91. The van der Waals surface area contributed by atoms with E-state index in [-0.39, 0.29) is 16.7 Å². The van der Waals surface area contributed by atoms with Crippen LogP contribution in [0.1, 0.15) is 18.4 Å². The Morgan fingerprint density at radius 1 is 1.42 bits per heavy atom. The number of hydrogen-bond donors (Lipinski definition) is 1. The first-order valence-electron chi connectivity index (χ1n) is 6.43. The predicted molar refractivity (Wildman–Crippen MR) is 72.8 cm³/mol. The number of nitro benzene ring substituents is 1. The van der Waals surface area contributed by atoms with Crippen molar-refractivity contribution in [3.05, 3.63) is 46.1 Å². The van der Waals surface area contributed by atoms with Crippen LogP contribution in [0.3, 0.4) is 0 Å². The van der Waals surface area contributed by atoms with Crippen molar-refractivity contribution in [3.63, 3.8) is 0 Å². The lowest BCUT2D eigenvalue weighted by molar-refractivity contribution is -0.383. The summed E-state index contributed by atoms with van der Waals surface area (Å²) in [5.74, 6) is 0.613. The van der Waals surface area contributed by atoms with Gasteiger partial charge in [-0.25, -0.2) is 4.98 Å². The average molecular weight is 257 g/mol. The minimum absolute atomic E-state index is 0.0549. The first-order valence-corrected chi connectivity index (χ1v) is 6.43. The Balaban J connectivity index is 2.05. The maximum atomic E-state index is 11.0. The summed E-state index contributed by atoms with van der Waals surface area (Å²) < 4.78 is 0. The lowest BCUT2D eigenvalue weighted by atomic mass is 9.99. The molecule has 1 heterocycles. The maximum Gasteiger partial charge on any atom is 0.295 e. The molecule has 0 saturated heterocycles. The number of pyridine rings is 1. The Hall–Kier alpha value is -2.01. The third kappa shape index (κ3) is 2.29. The molecule has 19 heavy (non-hydrogen) atoms. The second-order valence-electron chi connectivity index (χ2n) is 5.11. The lowest BCUT2D eigenvalue weighted by Gasteiger charge is -2.12. The third-order valence-corrected chi connectivity index (χ3v) is 3.72. The normalized spacial score (nSPS) is 16.5. The van der Waals surface area contributed by atoms with Gasteiger partial charge < -0.3 is 5.73 Å². The first kappa shape index (κ1) is 12.0. The van der Waals surface area contributed by atoms with E-state index in [1.54, 1.807) is 12.3 Å². The molecule has 98 valence electrons. The molecule has 0 amide bonds. The fraction of sp³-hybridized carbons (Fsp3) is 0.357. The van der Waals surface area contributed by atoms with Gasteiger partial charge in [-0.1, -0.05) is 12.1 Å². The van der Waals surface area contributed by atoms with Crippen molar-refractivity contribution in [1.29, 1.82) is 0 Å². The zero-order valence-electron chi connectivity index (χ0n) is 10.5. The number of rotatable bonds is 4. The van der Waals surface area contributed by atoms with E-state index in [9.17, 15) is 10.1 Å². The van der Waals surface area contributed by atoms with Gasteiger partial charge in [0.25, 0.3) is 5.69 Å². The highest BCUT2D eigenvalue weighted by atomic mass is 16.6. The number of para-hydroxylation sites is 1. The number of nitrogens with zero attached hydrogens (tertiary/aromatic N) is 2. The van der Waals surface area contributed by atoms with Crippen LogP contribution in [-0.4, -0.2) is 15.9 Å². The van der Waals surface area contributed by atoms with Crippen LogP contribution >= 0.6 is 0 Å². The smallest absolute Gasteiger partial charge is 0.295 e. The van der Waals surface area contributed by atoms with Gasteiger partial charge in [0.1, 0.15) is 5.52 Å². The summed E-state index contributed by atoms with van der Waals surface area (Å²) in [5.41, 5.74) is 7.70. The van der Waals surface area contributed by atoms with Crippen LogP contribution in [0, 0.1) is 16.0 Å². The van der Waals surface area contributed by atoms with E-state index in [2.05, 4.69) is 4.98 Å². The number of aromatic nitrogens is 1. The minimum Gasteiger partial charge on any atom is -0.327 e. The molecule has 2 aromatic rings. The van der Waals surface area contributed by atoms with Crippen LogP contribution in [-0.2, 0) is 6.42 Å². The lowest BCUT2D eigenvalue weighted by Crippen LogP contribution is -2.25. The van der Waals surface area contributed by atoms with E-state index < -0.39 is 0 Å². The van der Waals surface area contributed by atoms with Gasteiger partial charge in [0, 0.05) is 23.7 Å². The molecule has 5 heteroatoms. The molecule has 1 atom stereocenters. The Morgan fingerprint density at radius 3 is 2.89 bits per heavy atom. The Morgan fingerprint density at radius 2 is 2.21 bits per heavy atom. The quantitative estimate of drug-likeness (QED) is 0.673. The summed E-state index contributed by atoms with van der Waals surface area (Å²) in [6.45, 7) is 0. The highest BCUT2D eigenvalue weighted by Crippen LogP contribution is 2.34. The molecular weight excluding hydrogens is 242 g/mol. The van der Waals surface area contributed by atoms with Crippen LogP contribution in [0.2, 0.25) is 0 Å². The monoisotopic (exact) mass is 257 g/mol. The number of nitrogens with two attached hydrogens (primary N) is 1. The summed E-state index contributed by atoms with van der Waals surface area (Å²) >= 11 is 0. The topological polar surface area (TPSA) is 82.0 Å². The molecule has 0 spiro atoms. The van der Waals surface area contributed by atoms with Crippen LogP contribution in [0.15, 0.2) is 30.5 Å². The second kappa shape index (κ2) is 4.59. The molecule has 2 N–H and O–H groups in total. The number of benzene rings is 1. The molecule has 0 aliphatic heterocycles. The fourth-order valence-electron chi connectivity index (χ4n) is 2.49. The third-order valence-electron chi connectivity index (χ3n) is 3.72. The molecule has 1 fully saturated rings. The van der Waals surface area contributed by atoms with Crippen LogP contribution < -0.4 is 5.73 Å². The molecule has 3 rings (SSSR count). The summed E-state index contributed by atoms with van der Waals surface area (Å²) in [7, 11) is 0. The maximum absolute atomic E-state index is 11.0. The molecule has 1 aliphatic rings. The molecule has 1 saturated carbocycles. The van der Waals surface area contributed by atoms with Gasteiger partial charge >= 0.3 is 0 Å². The van der Waals surface area contributed by atoms with E-state index in [4.69, 9.17) is 5.73 Å². The van der Waals surface area contributed by atoms with Crippen molar-refractivity contribution in [1.82, 2.24) is 4.98 Å². The average Bonchev–Trinajstić information content (AvgIpc) is 3.22. The summed E-state index contributed by atoms with van der Waals surface area (Å²) in [6.07, 6.45) is 4.78. The van der Waals surface area contributed by atoms with E-state index in [1.807, 2.05) is 12.1 Å². The van der Waals surface area contributed by atoms with Crippen LogP contribution in [0.5, 0.6) is 0 Å².